The second-order valence-corrected chi connectivity index (χ2v) is 7.68. The van der Waals surface area contributed by atoms with Crippen LogP contribution in [0.25, 0.3) is 10.2 Å². The predicted octanol–water partition coefficient (Wildman–Crippen LogP) is 2.95. The van der Waals surface area contributed by atoms with E-state index >= 15 is 0 Å². The fourth-order valence-electron chi connectivity index (χ4n) is 3.58. The molecule has 0 radical (unpaired) electrons. The van der Waals surface area contributed by atoms with Gasteiger partial charge in [-0.3, -0.25) is 13.9 Å². The van der Waals surface area contributed by atoms with Crippen molar-refractivity contribution < 1.29 is 4.74 Å². The Morgan fingerprint density at radius 3 is 2.73 bits per heavy atom. The van der Waals surface area contributed by atoms with Crippen LogP contribution >= 0.6 is 11.3 Å². The van der Waals surface area contributed by atoms with Crippen molar-refractivity contribution in [3.8, 4) is 0 Å². The molecule has 0 aliphatic carbocycles. The van der Waals surface area contributed by atoms with Gasteiger partial charge in [0.1, 0.15) is 4.83 Å². The van der Waals surface area contributed by atoms with Crippen molar-refractivity contribution in [3.05, 3.63) is 67.7 Å². The summed E-state index contributed by atoms with van der Waals surface area (Å²) in [5.41, 5.74) is 1.65. The van der Waals surface area contributed by atoms with Gasteiger partial charge < -0.3 is 4.74 Å². The maximum absolute atomic E-state index is 13.1. The van der Waals surface area contributed by atoms with Crippen LogP contribution in [-0.4, -0.2) is 21.8 Å². The summed E-state index contributed by atoms with van der Waals surface area (Å²) >= 11 is 1.47. The lowest BCUT2D eigenvalue weighted by molar-refractivity contribution is 0.0966. The molecule has 1 unspecified atom stereocenters. The Labute approximate surface area is 155 Å². The predicted molar refractivity (Wildman–Crippen MR) is 104 cm³/mol. The molecule has 1 aliphatic rings. The molecule has 0 spiro atoms. The van der Waals surface area contributed by atoms with Gasteiger partial charge >= 0.3 is 5.69 Å². The van der Waals surface area contributed by atoms with Gasteiger partial charge in [-0.05, 0) is 42.7 Å². The smallest absolute Gasteiger partial charge is 0.332 e. The first kappa shape index (κ1) is 17.2. The maximum atomic E-state index is 13.1. The number of benzene rings is 1. The molecular weight excluding hydrogens is 348 g/mol. The van der Waals surface area contributed by atoms with E-state index in [2.05, 4.69) is 0 Å². The lowest BCUT2D eigenvalue weighted by Crippen LogP contribution is -2.41. The number of ether oxygens (including phenoxy) is 1. The topological polar surface area (TPSA) is 53.2 Å². The molecule has 5 nitrogen and oxygen atoms in total. The number of aryl methyl sites for hydroxylation is 2. The molecule has 1 saturated heterocycles. The summed E-state index contributed by atoms with van der Waals surface area (Å²) in [6, 6.07) is 9.94. The van der Waals surface area contributed by atoms with Crippen LogP contribution in [0.15, 0.2) is 45.3 Å². The van der Waals surface area contributed by atoms with Crippen LogP contribution in [0.5, 0.6) is 0 Å². The monoisotopic (exact) mass is 370 g/mol. The molecule has 6 heteroatoms. The van der Waals surface area contributed by atoms with Crippen LogP contribution in [0, 0.1) is 6.92 Å². The largest absolute Gasteiger partial charge is 0.376 e. The minimum atomic E-state index is -0.226. The molecule has 0 amide bonds. The number of hydrogen-bond donors (Lipinski definition) is 0. The summed E-state index contributed by atoms with van der Waals surface area (Å²) in [5, 5.41) is 2.62. The third-order valence-corrected chi connectivity index (χ3v) is 6.12. The van der Waals surface area contributed by atoms with E-state index in [9.17, 15) is 9.59 Å². The van der Waals surface area contributed by atoms with E-state index in [1.165, 1.54) is 15.9 Å². The maximum Gasteiger partial charge on any atom is 0.332 e. The molecule has 1 fully saturated rings. The van der Waals surface area contributed by atoms with Gasteiger partial charge in [0.2, 0.25) is 0 Å². The Morgan fingerprint density at radius 1 is 1.19 bits per heavy atom. The molecule has 0 N–H and O–H groups in total. The van der Waals surface area contributed by atoms with Gasteiger partial charge in [0.25, 0.3) is 5.56 Å². The van der Waals surface area contributed by atoms with Crippen molar-refractivity contribution >= 4 is 21.6 Å². The van der Waals surface area contributed by atoms with Crippen molar-refractivity contribution in [2.45, 2.75) is 45.4 Å². The molecule has 136 valence electrons. The normalized spacial score (nSPS) is 17.2. The third kappa shape index (κ3) is 3.15. The van der Waals surface area contributed by atoms with Gasteiger partial charge in [0.05, 0.1) is 18.0 Å². The van der Waals surface area contributed by atoms with Gasteiger partial charge in [-0.15, -0.1) is 11.3 Å². The Hall–Kier alpha value is -2.18. The zero-order valence-electron chi connectivity index (χ0n) is 14.8. The molecule has 2 aromatic heterocycles. The van der Waals surface area contributed by atoms with Crippen molar-refractivity contribution in [2.24, 2.45) is 0 Å². The Bertz CT molecular complexity index is 1030. The lowest BCUT2D eigenvalue weighted by Gasteiger charge is -2.15. The third-order valence-electron chi connectivity index (χ3n) is 5.00. The van der Waals surface area contributed by atoms with Crippen LogP contribution < -0.4 is 11.2 Å². The summed E-state index contributed by atoms with van der Waals surface area (Å²) in [6.45, 7) is 3.58. The van der Waals surface area contributed by atoms with E-state index in [1.54, 1.807) is 4.57 Å². The number of hydrogen-bond acceptors (Lipinski definition) is 4. The summed E-state index contributed by atoms with van der Waals surface area (Å²) in [4.78, 5) is 26.8. The van der Waals surface area contributed by atoms with Crippen LogP contribution in [-0.2, 0) is 24.2 Å². The molecule has 1 aromatic carbocycles. The highest BCUT2D eigenvalue weighted by Gasteiger charge is 2.21. The summed E-state index contributed by atoms with van der Waals surface area (Å²) < 4.78 is 8.86. The van der Waals surface area contributed by atoms with Crippen LogP contribution in [0.2, 0.25) is 0 Å². The molecule has 3 aromatic rings. The first-order valence-electron chi connectivity index (χ1n) is 9.02. The Morgan fingerprint density at radius 2 is 2.00 bits per heavy atom. The molecule has 3 heterocycles. The first-order valence-corrected chi connectivity index (χ1v) is 9.90. The zero-order chi connectivity index (χ0) is 18.1. The fourth-order valence-corrected chi connectivity index (χ4v) is 4.63. The van der Waals surface area contributed by atoms with Crippen molar-refractivity contribution in [1.29, 1.82) is 0 Å². The van der Waals surface area contributed by atoms with Crippen molar-refractivity contribution in [3.63, 3.8) is 0 Å². The SMILES string of the molecule is Cc1csc2c1c(=O)n(CCc1ccccc1)c(=O)n2CC1CCCO1. The van der Waals surface area contributed by atoms with E-state index in [-0.39, 0.29) is 17.4 Å². The van der Waals surface area contributed by atoms with E-state index in [0.29, 0.717) is 24.9 Å². The summed E-state index contributed by atoms with van der Waals surface area (Å²) in [7, 11) is 0. The average molecular weight is 370 g/mol. The highest BCUT2D eigenvalue weighted by Crippen LogP contribution is 2.23. The molecule has 26 heavy (non-hydrogen) atoms. The molecule has 0 bridgehead atoms. The van der Waals surface area contributed by atoms with Gasteiger partial charge in [-0.1, -0.05) is 30.3 Å². The minimum absolute atomic E-state index is 0.0541. The van der Waals surface area contributed by atoms with E-state index in [0.717, 1.165) is 35.4 Å². The summed E-state index contributed by atoms with van der Waals surface area (Å²) in [6.07, 6.45) is 2.70. The fraction of sp³-hybridized carbons (Fsp3) is 0.400. The van der Waals surface area contributed by atoms with Gasteiger partial charge in [0, 0.05) is 13.2 Å². The number of thiophene rings is 1. The van der Waals surface area contributed by atoms with E-state index in [1.807, 2.05) is 42.6 Å². The number of fused-ring (bicyclic) bond motifs is 1. The second-order valence-electron chi connectivity index (χ2n) is 6.82. The van der Waals surface area contributed by atoms with Gasteiger partial charge in [0.15, 0.2) is 0 Å². The zero-order valence-corrected chi connectivity index (χ0v) is 15.6. The van der Waals surface area contributed by atoms with Crippen LogP contribution in [0.4, 0.5) is 0 Å². The summed E-state index contributed by atoms with van der Waals surface area (Å²) in [5.74, 6) is 0. The van der Waals surface area contributed by atoms with Gasteiger partial charge in [-0.25, -0.2) is 4.79 Å². The minimum Gasteiger partial charge on any atom is -0.376 e. The molecule has 1 aliphatic heterocycles. The highest BCUT2D eigenvalue weighted by molar-refractivity contribution is 7.17. The second kappa shape index (κ2) is 7.21. The van der Waals surface area contributed by atoms with E-state index in [4.69, 9.17) is 4.74 Å². The quantitative estimate of drug-likeness (QED) is 0.694. The van der Waals surface area contributed by atoms with Gasteiger partial charge in [-0.2, -0.15) is 0 Å². The lowest BCUT2D eigenvalue weighted by atomic mass is 10.1. The number of nitrogens with zero attached hydrogens (tertiary/aromatic N) is 2. The molecule has 4 rings (SSSR count). The Kier molecular flexibility index (Phi) is 4.78. The van der Waals surface area contributed by atoms with Crippen molar-refractivity contribution in [2.75, 3.05) is 6.61 Å². The first-order chi connectivity index (χ1) is 12.6. The van der Waals surface area contributed by atoms with Crippen molar-refractivity contribution in [1.82, 2.24) is 9.13 Å². The number of rotatable bonds is 5. The van der Waals surface area contributed by atoms with E-state index < -0.39 is 0 Å². The standard InChI is InChI=1S/C20H22N2O3S/c1-14-13-26-19-17(14)18(23)21(10-9-15-6-3-2-4-7-15)20(24)22(19)12-16-8-5-11-25-16/h2-4,6-7,13,16H,5,8-12H2,1H3. The highest BCUT2D eigenvalue weighted by atomic mass is 32.1. The molecule has 1 atom stereocenters. The molecular formula is C20H22N2O3S. The van der Waals surface area contributed by atoms with Crippen LogP contribution in [0.1, 0.15) is 24.0 Å². The molecule has 0 saturated carbocycles. The number of aromatic nitrogens is 2. The van der Waals surface area contributed by atoms with Crippen LogP contribution in [0.3, 0.4) is 0 Å². The Balaban J connectivity index is 1.77. The average Bonchev–Trinajstić information content (AvgIpc) is 3.29.